The molecule has 0 spiro atoms. The van der Waals surface area contributed by atoms with Crippen molar-refractivity contribution in [1.82, 2.24) is 9.55 Å². The third-order valence-corrected chi connectivity index (χ3v) is 5.49. The number of nitrogens with zero attached hydrogens (tertiary/aromatic N) is 2. The summed E-state index contributed by atoms with van der Waals surface area (Å²) in [6.45, 7) is 1.82. The van der Waals surface area contributed by atoms with Crippen LogP contribution in [0.5, 0.6) is 5.75 Å². The van der Waals surface area contributed by atoms with Crippen LogP contribution in [0.25, 0.3) is 11.0 Å². The van der Waals surface area contributed by atoms with Gasteiger partial charge in [0.2, 0.25) is 5.91 Å². The molecule has 1 aromatic heterocycles. The van der Waals surface area contributed by atoms with Gasteiger partial charge in [0.05, 0.1) is 29.1 Å². The van der Waals surface area contributed by atoms with Gasteiger partial charge in [-0.15, -0.1) is 0 Å². The summed E-state index contributed by atoms with van der Waals surface area (Å²) in [4.78, 5) is 17.2. The van der Waals surface area contributed by atoms with Gasteiger partial charge in [-0.05, 0) is 43.3 Å². The number of fused-ring (bicyclic) bond motifs is 1. The fourth-order valence-electron chi connectivity index (χ4n) is 2.48. The second-order valence-corrected chi connectivity index (χ2v) is 7.86. The second-order valence-electron chi connectivity index (χ2n) is 5.68. The quantitative estimate of drug-likeness (QED) is 0.601. The lowest BCUT2D eigenvalue weighted by Gasteiger charge is -2.14. The van der Waals surface area contributed by atoms with Gasteiger partial charge in [0.25, 0.3) is 0 Å². The zero-order chi connectivity index (χ0) is 18.8. The summed E-state index contributed by atoms with van der Waals surface area (Å²) in [7, 11) is 3.46. The predicted molar refractivity (Wildman–Crippen MR) is 108 cm³/mol. The van der Waals surface area contributed by atoms with Crippen molar-refractivity contribution < 1.29 is 9.53 Å². The number of imidazole rings is 1. The normalized spacial score (nSPS) is 12.2. The standard InChI is InChI=1S/C18H17Cl2N3O2S/c1-10(17(24)21-14-9-12(20)5-7-16(14)25-3)26-18-22-13-8-11(19)4-6-15(13)23(18)2/h4-10H,1-3H3,(H,21,24). The molecule has 26 heavy (non-hydrogen) atoms. The first-order valence-corrected chi connectivity index (χ1v) is 9.45. The number of hydrogen-bond donors (Lipinski definition) is 1. The van der Waals surface area contributed by atoms with Gasteiger partial charge < -0.3 is 14.6 Å². The van der Waals surface area contributed by atoms with Crippen LogP contribution in [0.2, 0.25) is 10.0 Å². The Hall–Kier alpha value is -1.89. The number of carbonyl (C=O) groups excluding carboxylic acids is 1. The zero-order valence-corrected chi connectivity index (χ0v) is 16.7. The number of anilines is 1. The summed E-state index contributed by atoms with van der Waals surface area (Å²) in [5.41, 5.74) is 2.29. The van der Waals surface area contributed by atoms with Crippen molar-refractivity contribution in [3.8, 4) is 5.75 Å². The summed E-state index contributed by atoms with van der Waals surface area (Å²) in [5.74, 6) is 0.387. The average Bonchev–Trinajstić information content (AvgIpc) is 2.90. The van der Waals surface area contributed by atoms with E-state index >= 15 is 0 Å². The zero-order valence-electron chi connectivity index (χ0n) is 14.4. The molecule has 0 bridgehead atoms. The van der Waals surface area contributed by atoms with E-state index in [1.807, 2.05) is 36.7 Å². The molecular formula is C18H17Cl2N3O2S. The molecule has 0 radical (unpaired) electrons. The first-order chi connectivity index (χ1) is 12.4. The van der Waals surface area contributed by atoms with Gasteiger partial charge in [-0.1, -0.05) is 35.0 Å². The molecule has 3 rings (SSSR count). The highest BCUT2D eigenvalue weighted by atomic mass is 35.5. The van der Waals surface area contributed by atoms with E-state index in [1.165, 1.54) is 11.8 Å². The third-order valence-electron chi connectivity index (χ3n) is 3.87. The van der Waals surface area contributed by atoms with Gasteiger partial charge in [-0.2, -0.15) is 0 Å². The van der Waals surface area contributed by atoms with Crippen molar-refractivity contribution in [1.29, 1.82) is 0 Å². The third kappa shape index (κ3) is 3.92. The average molecular weight is 410 g/mol. The largest absolute Gasteiger partial charge is 0.495 e. The lowest BCUT2D eigenvalue weighted by molar-refractivity contribution is -0.115. The molecule has 136 valence electrons. The topological polar surface area (TPSA) is 56.1 Å². The van der Waals surface area contributed by atoms with Gasteiger partial charge in [0, 0.05) is 17.1 Å². The maximum absolute atomic E-state index is 12.6. The van der Waals surface area contributed by atoms with Crippen LogP contribution in [0.1, 0.15) is 6.92 Å². The molecule has 0 saturated carbocycles. The molecule has 1 N–H and O–H groups in total. The first-order valence-electron chi connectivity index (χ1n) is 7.82. The summed E-state index contributed by atoms with van der Waals surface area (Å²) in [6, 6.07) is 10.6. The van der Waals surface area contributed by atoms with Crippen LogP contribution in [0.15, 0.2) is 41.6 Å². The predicted octanol–water partition coefficient (Wildman–Crippen LogP) is 5.01. The summed E-state index contributed by atoms with van der Waals surface area (Å²) >= 11 is 13.4. The van der Waals surface area contributed by atoms with Crippen LogP contribution in [0, 0.1) is 0 Å². The Morgan fingerprint density at radius 2 is 1.92 bits per heavy atom. The van der Waals surface area contributed by atoms with Crippen LogP contribution in [0.4, 0.5) is 5.69 Å². The Morgan fingerprint density at radius 3 is 2.65 bits per heavy atom. The van der Waals surface area contributed by atoms with Crippen LogP contribution in [0.3, 0.4) is 0 Å². The van der Waals surface area contributed by atoms with Crippen LogP contribution >= 0.6 is 35.0 Å². The molecule has 0 fully saturated rings. The number of methoxy groups -OCH3 is 1. The minimum atomic E-state index is -0.371. The molecule has 3 aromatic rings. The molecule has 0 aliphatic carbocycles. The van der Waals surface area contributed by atoms with E-state index in [1.54, 1.807) is 25.3 Å². The monoisotopic (exact) mass is 409 g/mol. The van der Waals surface area contributed by atoms with E-state index in [2.05, 4.69) is 10.3 Å². The number of thioether (sulfide) groups is 1. The summed E-state index contributed by atoms with van der Waals surface area (Å²) in [5, 5.41) is 4.38. The van der Waals surface area contributed by atoms with Gasteiger partial charge in [0.15, 0.2) is 5.16 Å². The van der Waals surface area contributed by atoms with Crippen LogP contribution in [-0.4, -0.2) is 27.8 Å². The molecule has 1 unspecified atom stereocenters. The number of halogens is 2. The molecule has 1 amide bonds. The number of ether oxygens (including phenoxy) is 1. The van der Waals surface area contributed by atoms with Crippen molar-refractivity contribution in [3.63, 3.8) is 0 Å². The van der Waals surface area contributed by atoms with Gasteiger partial charge >= 0.3 is 0 Å². The Bertz CT molecular complexity index is 974. The van der Waals surface area contributed by atoms with Crippen molar-refractivity contribution in [2.45, 2.75) is 17.3 Å². The number of benzene rings is 2. The molecule has 0 aliphatic heterocycles. The fourth-order valence-corrected chi connectivity index (χ4v) is 3.71. The SMILES string of the molecule is COc1ccc(Cl)cc1NC(=O)C(C)Sc1nc2cc(Cl)ccc2n1C. The number of hydrogen-bond acceptors (Lipinski definition) is 4. The minimum absolute atomic E-state index is 0.166. The van der Waals surface area contributed by atoms with E-state index in [-0.39, 0.29) is 11.2 Å². The molecule has 5 nitrogen and oxygen atoms in total. The number of amides is 1. The van der Waals surface area contributed by atoms with Crippen LogP contribution in [-0.2, 0) is 11.8 Å². The van der Waals surface area contributed by atoms with E-state index in [0.717, 1.165) is 16.2 Å². The molecular weight excluding hydrogens is 393 g/mol. The number of aryl methyl sites for hydroxylation is 1. The number of rotatable bonds is 5. The fraction of sp³-hybridized carbons (Fsp3) is 0.222. The minimum Gasteiger partial charge on any atom is -0.495 e. The van der Waals surface area contributed by atoms with Crippen molar-refractivity contribution in [3.05, 3.63) is 46.4 Å². The molecule has 0 saturated heterocycles. The number of aromatic nitrogens is 2. The maximum Gasteiger partial charge on any atom is 0.237 e. The molecule has 2 aromatic carbocycles. The molecule has 1 heterocycles. The van der Waals surface area contributed by atoms with E-state index in [9.17, 15) is 4.79 Å². The van der Waals surface area contributed by atoms with Crippen molar-refractivity contribution in [2.75, 3.05) is 12.4 Å². The van der Waals surface area contributed by atoms with Crippen LogP contribution < -0.4 is 10.1 Å². The van der Waals surface area contributed by atoms with Crippen molar-refractivity contribution in [2.24, 2.45) is 7.05 Å². The van der Waals surface area contributed by atoms with Crippen molar-refractivity contribution >= 4 is 57.6 Å². The lowest BCUT2D eigenvalue weighted by Crippen LogP contribution is -2.23. The highest BCUT2D eigenvalue weighted by molar-refractivity contribution is 8.00. The van der Waals surface area contributed by atoms with Gasteiger partial charge in [-0.3, -0.25) is 4.79 Å². The van der Waals surface area contributed by atoms with E-state index < -0.39 is 0 Å². The Balaban J connectivity index is 1.78. The summed E-state index contributed by atoms with van der Waals surface area (Å²) < 4.78 is 7.20. The van der Waals surface area contributed by atoms with Gasteiger partial charge in [0.1, 0.15) is 5.75 Å². The highest BCUT2D eigenvalue weighted by Crippen LogP contribution is 2.31. The maximum atomic E-state index is 12.6. The van der Waals surface area contributed by atoms with Gasteiger partial charge in [-0.25, -0.2) is 4.98 Å². The summed E-state index contributed by atoms with van der Waals surface area (Å²) in [6.07, 6.45) is 0. The highest BCUT2D eigenvalue weighted by Gasteiger charge is 2.20. The molecule has 8 heteroatoms. The lowest BCUT2D eigenvalue weighted by atomic mass is 10.3. The van der Waals surface area contributed by atoms with E-state index in [4.69, 9.17) is 27.9 Å². The smallest absolute Gasteiger partial charge is 0.237 e. The number of carbonyl (C=O) groups is 1. The Kier molecular flexibility index (Phi) is 5.65. The number of nitrogens with one attached hydrogen (secondary N) is 1. The second kappa shape index (κ2) is 7.78. The molecule has 1 atom stereocenters. The van der Waals surface area contributed by atoms with E-state index in [0.29, 0.717) is 21.5 Å². The molecule has 0 aliphatic rings. The Morgan fingerprint density at radius 1 is 1.23 bits per heavy atom. The Labute approximate surface area is 165 Å². The first kappa shape index (κ1) is 18.9.